The van der Waals surface area contributed by atoms with Gasteiger partial charge in [0.25, 0.3) is 0 Å². The molecule has 0 saturated heterocycles. The first-order chi connectivity index (χ1) is 7.43. The lowest BCUT2D eigenvalue weighted by Crippen LogP contribution is -2.30. The number of hydrogen-bond acceptors (Lipinski definition) is 4. The van der Waals surface area contributed by atoms with E-state index in [1.54, 1.807) is 22.8 Å². The second-order valence-corrected chi connectivity index (χ2v) is 5.48. The molecule has 0 radical (unpaired) electrons. The van der Waals surface area contributed by atoms with E-state index < -0.39 is 0 Å². The van der Waals surface area contributed by atoms with E-state index in [4.69, 9.17) is 11.1 Å². The van der Waals surface area contributed by atoms with Gasteiger partial charge in [0.15, 0.2) is 5.16 Å². The number of rotatable bonds is 6. The minimum atomic E-state index is -0.194. The molecule has 90 valence electrons. The van der Waals surface area contributed by atoms with Crippen LogP contribution in [0.15, 0.2) is 11.5 Å². The Morgan fingerprint density at radius 1 is 1.62 bits per heavy atom. The zero-order valence-corrected chi connectivity index (χ0v) is 10.8. The Morgan fingerprint density at radius 3 is 2.81 bits per heavy atom. The Bertz CT molecular complexity index is 358. The molecule has 0 amide bonds. The normalized spacial score (nSPS) is 11.7. The number of aromatic nitrogens is 3. The van der Waals surface area contributed by atoms with Gasteiger partial charge in [0.2, 0.25) is 0 Å². The molecule has 1 aromatic rings. The monoisotopic (exact) mass is 241 g/mol. The van der Waals surface area contributed by atoms with Crippen molar-refractivity contribution in [3.05, 3.63) is 6.33 Å². The molecular formula is C10H19N5S. The molecule has 0 aliphatic carbocycles. The van der Waals surface area contributed by atoms with Crippen LogP contribution in [0.4, 0.5) is 0 Å². The van der Waals surface area contributed by atoms with Crippen molar-refractivity contribution < 1.29 is 0 Å². The quantitative estimate of drug-likeness (QED) is 0.343. The zero-order valence-electron chi connectivity index (χ0n) is 10.0. The standard InChI is InChI=1S/C10H19N5S/c1-10(2,8(11)12)5-4-6-16-9-13-7-14-15(9)3/h7H,4-6H2,1-3H3,(H3,11,12). The third kappa shape index (κ3) is 3.52. The number of nitrogens with two attached hydrogens (primary N) is 1. The zero-order chi connectivity index (χ0) is 12.2. The number of aryl methyl sites for hydroxylation is 1. The van der Waals surface area contributed by atoms with E-state index >= 15 is 0 Å². The first kappa shape index (κ1) is 13.0. The maximum Gasteiger partial charge on any atom is 0.185 e. The number of nitrogens with zero attached hydrogens (tertiary/aromatic N) is 3. The predicted octanol–water partition coefficient (Wildman–Crippen LogP) is 1.65. The SMILES string of the molecule is Cn1ncnc1SCCCC(C)(C)C(=N)N. The fraction of sp³-hybridized carbons (Fsp3) is 0.700. The van der Waals surface area contributed by atoms with Crippen LogP contribution in [-0.4, -0.2) is 26.4 Å². The molecule has 0 spiro atoms. The van der Waals surface area contributed by atoms with E-state index in [2.05, 4.69) is 10.1 Å². The van der Waals surface area contributed by atoms with Gasteiger partial charge in [0.1, 0.15) is 6.33 Å². The number of nitrogens with one attached hydrogen (secondary N) is 1. The summed E-state index contributed by atoms with van der Waals surface area (Å²) in [6, 6.07) is 0. The summed E-state index contributed by atoms with van der Waals surface area (Å²) in [6.07, 6.45) is 3.50. The van der Waals surface area contributed by atoms with Crippen LogP contribution in [0, 0.1) is 10.8 Å². The van der Waals surface area contributed by atoms with Crippen molar-refractivity contribution in [2.45, 2.75) is 31.8 Å². The molecule has 1 heterocycles. The largest absolute Gasteiger partial charge is 0.387 e. The lowest BCUT2D eigenvalue weighted by atomic mass is 9.87. The third-order valence-electron chi connectivity index (χ3n) is 2.58. The van der Waals surface area contributed by atoms with Gasteiger partial charge in [-0.25, -0.2) is 9.67 Å². The fourth-order valence-corrected chi connectivity index (χ4v) is 2.06. The highest BCUT2D eigenvalue weighted by atomic mass is 32.2. The van der Waals surface area contributed by atoms with E-state index in [1.165, 1.54) is 0 Å². The molecule has 3 N–H and O–H groups in total. The van der Waals surface area contributed by atoms with Gasteiger partial charge in [0.05, 0.1) is 5.84 Å². The van der Waals surface area contributed by atoms with Gasteiger partial charge in [-0.3, -0.25) is 5.41 Å². The van der Waals surface area contributed by atoms with Crippen LogP contribution in [-0.2, 0) is 7.05 Å². The first-order valence-electron chi connectivity index (χ1n) is 5.25. The minimum Gasteiger partial charge on any atom is -0.387 e. The molecule has 1 aromatic heterocycles. The highest BCUT2D eigenvalue weighted by Crippen LogP contribution is 2.24. The second-order valence-electron chi connectivity index (χ2n) is 4.42. The van der Waals surface area contributed by atoms with Gasteiger partial charge in [-0.05, 0) is 12.8 Å². The van der Waals surface area contributed by atoms with Crippen LogP contribution in [0.25, 0.3) is 0 Å². The van der Waals surface area contributed by atoms with Crippen molar-refractivity contribution in [1.29, 1.82) is 5.41 Å². The van der Waals surface area contributed by atoms with Crippen LogP contribution < -0.4 is 5.73 Å². The lowest BCUT2D eigenvalue weighted by Gasteiger charge is -2.22. The van der Waals surface area contributed by atoms with Crippen LogP contribution in [0.5, 0.6) is 0 Å². The maximum atomic E-state index is 7.45. The van der Waals surface area contributed by atoms with E-state index in [0.29, 0.717) is 0 Å². The maximum absolute atomic E-state index is 7.45. The molecule has 0 aliphatic rings. The molecule has 0 aliphatic heterocycles. The molecule has 16 heavy (non-hydrogen) atoms. The second kappa shape index (κ2) is 5.34. The average Bonchev–Trinajstić information content (AvgIpc) is 2.59. The molecule has 0 fully saturated rings. The fourth-order valence-electron chi connectivity index (χ4n) is 1.23. The highest BCUT2D eigenvalue weighted by molar-refractivity contribution is 7.99. The van der Waals surface area contributed by atoms with Crippen molar-refractivity contribution in [3.8, 4) is 0 Å². The molecular weight excluding hydrogens is 222 g/mol. The van der Waals surface area contributed by atoms with Crippen molar-refractivity contribution in [1.82, 2.24) is 14.8 Å². The Morgan fingerprint density at radius 2 is 2.31 bits per heavy atom. The number of hydrogen-bond donors (Lipinski definition) is 2. The van der Waals surface area contributed by atoms with E-state index in [1.807, 2.05) is 20.9 Å². The van der Waals surface area contributed by atoms with Crippen molar-refractivity contribution >= 4 is 17.6 Å². The van der Waals surface area contributed by atoms with Crippen molar-refractivity contribution in [2.75, 3.05) is 5.75 Å². The van der Waals surface area contributed by atoms with Gasteiger partial charge in [-0.1, -0.05) is 25.6 Å². The molecule has 0 saturated carbocycles. The molecule has 0 unspecified atom stereocenters. The topological polar surface area (TPSA) is 80.6 Å². The average molecular weight is 241 g/mol. The van der Waals surface area contributed by atoms with Gasteiger partial charge in [0, 0.05) is 18.2 Å². The van der Waals surface area contributed by atoms with Crippen LogP contribution in [0.1, 0.15) is 26.7 Å². The van der Waals surface area contributed by atoms with E-state index in [-0.39, 0.29) is 11.3 Å². The summed E-state index contributed by atoms with van der Waals surface area (Å²) in [5.74, 6) is 1.24. The highest BCUT2D eigenvalue weighted by Gasteiger charge is 2.20. The minimum absolute atomic E-state index is 0.194. The summed E-state index contributed by atoms with van der Waals surface area (Å²) >= 11 is 1.68. The smallest absolute Gasteiger partial charge is 0.185 e. The van der Waals surface area contributed by atoms with E-state index in [9.17, 15) is 0 Å². The van der Waals surface area contributed by atoms with Crippen molar-refractivity contribution in [2.24, 2.45) is 18.2 Å². The summed E-state index contributed by atoms with van der Waals surface area (Å²) in [4.78, 5) is 4.13. The Hall–Kier alpha value is -1.04. The lowest BCUT2D eigenvalue weighted by molar-refractivity contribution is 0.464. The Labute approximate surface area is 100 Å². The molecule has 0 bridgehead atoms. The Balaban J connectivity index is 2.27. The number of amidine groups is 1. The van der Waals surface area contributed by atoms with Crippen molar-refractivity contribution in [3.63, 3.8) is 0 Å². The van der Waals surface area contributed by atoms with Gasteiger partial charge in [-0.15, -0.1) is 0 Å². The van der Waals surface area contributed by atoms with Gasteiger partial charge < -0.3 is 5.73 Å². The predicted molar refractivity (Wildman–Crippen MR) is 66.7 cm³/mol. The molecule has 1 rings (SSSR count). The first-order valence-corrected chi connectivity index (χ1v) is 6.23. The summed E-state index contributed by atoms with van der Waals surface area (Å²) in [5, 5.41) is 12.4. The number of thioether (sulfide) groups is 1. The summed E-state index contributed by atoms with van der Waals surface area (Å²) in [6.45, 7) is 4.00. The summed E-state index contributed by atoms with van der Waals surface area (Å²) in [5.41, 5.74) is 5.33. The molecule has 5 nitrogen and oxygen atoms in total. The van der Waals surface area contributed by atoms with E-state index in [0.717, 1.165) is 23.8 Å². The van der Waals surface area contributed by atoms with Crippen LogP contribution >= 0.6 is 11.8 Å². The van der Waals surface area contributed by atoms with Crippen LogP contribution in [0.2, 0.25) is 0 Å². The third-order valence-corrected chi connectivity index (χ3v) is 3.70. The van der Waals surface area contributed by atoms with Gasteiger partial charge in [-0.2, -0.15) is 5.10 Å². The molecule has 6 heteroatoms. The van der Waals surface area contributed by atoms with Gasteiger partial charge >= 0.3 is 0 Å². The Kier molecular flexibility index (Phi) is 4.35. The summed E-state index contributed by atoms with van der Waals surface area (Å²) in [7, 11) is 1.88. The molecule has 0 aromatic carbocycles. The molecule has 0 atom stereocenters. The van der Waals surface area contributed by atoms with Crippen LogP contribution in [0.3, 0.4) is 0 Å². The summed E-state index contributed by atoms with van der Waals surface area (Å²) < 4.78 is 1.76.